The Labute approximate surface area is 149 Å². The van der Waals surface area contributed by atoms with Gasteiger partial charge in [-0.3, -0.25) is 0 Å². The summed E-state index contributed by atoms with van der Waals surface area (Å²) in [5, 5.41) is 0. The van der Waals surface area contributed by atoms with Crippen molar-refractivity contribution in [1.82, 2.24) is 4.57 Å². The molecule has 0 aliphatic rings. The largest absolute Gasteiger partial charge is 0.490 e. The number of para-hydroxylation sites is 4. The number of aryl methyl sites for hydroxylation is 1. The lowest BCUT2D eigenvalue weighted by Gasteiger charge is -2.10. The van der Waals surface area contributed by atoms with E-state index in [9.17, 15) is 0 Å². The summed E-state index contributed by atoms with van der Waals surface area (Å²) in [4.78, 5) is 0. The molecule has 0 bridgehead atoms. The van der Waals surface area contributed by atoms with Crippen molar-refractivity contribution in [2.24, 2.45) is 0 Å². The van der Waals surface area contributed by atoms with Crippen LogP contribution in [0.25, 0.3) is 11.0 Å². The fourth-order valence-corrected chi connectivity index (χ4v) is 3.03. The van der Waals surface area contributed by atoms with Gasteiger partial charge in [0.15, 0.2) is 22.5 Å². The van der Waals surface area contributed by atoms with Crippen molar-refractivity contribution >= 4 is 11.0 Å². The molecular weight excluding hydrogens is 312 g/mol. The van der Waals surface area contributed by atoms with Crippen LogP contribution >= 0.6 is 0 Å². The number of ether oxygens (including phenoxy) is 2. The summed E-state index contributed by atoms with van der Waals surface area (Å²) in [5.41, 5.74) is 2.53. The molecule has 0 fully saturated rings. The average molecular weight is 339 g/mol. The highest BCUT2D eigenvalue weighted by atomic mass is 16.5. The van der Waals surface area contributed by atoms with Crippen molar-refractivity contribution in [3.63, 3.8) is 0 Å². The first-order valence-electron chi connectivity index (χ1n) is 9.15. The van der Waals surface area contributed by atoms with Crippen molar-refractivity contribution in [3.05, 3.63) is 54.9 Å². The summed E-state index contributed by atoms with van der Waals surface area (Å²) in [7, 11) is 0. The fraction of sp³-hybridized carbons (Fsp3) is 0.381. The van der Waals surface area contributed by atoms with E-state index < -0.39 is 0 Å². The molecule has 25 heavy (non-hydrogen) atoms. The van der Waals surface area contributed by atoms with Crippen LogP contribution in [0.4, 0.5) is 0 Å². The van der Waals surface area contributed by atoms with Gasteiger partial charge in [0.2, 0.25) is 6.33 Å². The zero-order valence-electron chi connectivity index (χ0n) is 15.1. The second kappa shape index (κ2) is 8.56. The lowest BCUT2D eigenvalue weighted by molar-refractivity contribution is -0.672. The van der Waals surface area contributed by atoms with Gasteiger partial charge in [0.1, 0.15) is 13.2 Å². The fourth-order valence-electron chi connectivity index (χ4n) is 3.03. The normalized spacial score (nSPS) is 11.0. The first kappa shape index (κ1) is 17.3. The Hall–Kier alpha value is -2.49. The standard InChI is InChI=1S/C21H27N2O2/c1-3-5-14-22-17-23(19-11-7-6-10-18(19)22)15-16-25-21-13-9-8-12-20(21)24-4-2/h6-13,17H,3-5,14-16H2,1-2H3/q+1. The van der Waals surface area contributed by atoms with Crippen LogP contribution < -0.4 is 14.0 Å². The van der Waals surface area contributed by atoms with Gasteiger partial charge in [0.25, 0.3) is 0 Å². The van der Waals surface area contributed by atoms with E-state index in [-0.39, 0.29) is 0 Å². The highest BCUT2D eigenvalue weighted by Crippen LogP contribution is 2.26. The molecule has 0 amide bonds. The molecule has 0 unspecified atom stereocenters. The van der Waals surface area contributed by atoms with Gasteiger partial charge in [-0.25, -0.2) is 9.13 Å². The predicted molar refractivity (Wildman–Crippen MR) is 100 cm³/mol. The van der Waals surface area contributed by atoms with Crippen molar-refractivity contribution in [3.8, 4) is 11.5 Å². The molecule has 3 rings (SSSR count). The van der Waals surface area contributed by atoms with Crippen LogP contribution in [-0.2, 0) is 13.1 Å². The Morgan fingerprint density at radius 3 is 2.40 bits per heavy atom. The number of fused-ring (bicyclic) bond motifs is 1. The van der Waals surface area contributed by atoms with Crippen LogP contribution in [0.2, 0.25) is 0 Å². The van der Waals surface area contributed by atoms with Gasteiger partial charge in [-0.1, -0.05) is 37.6 Å². The Bertz CT molecular complexity index is 811. The predicted octanol–water partition coefficient (Wildman–Crippen LogP) is 4.21. The van der Waals surface area contributed by atoms with E-state index in [1.807, 2.05) is 31.2 Å². The van der Waals surface area contributed by atoms with Gasteiger partial charge in [0, 0.05) is 0 Å². The van der Waals surface area contributed by atoms with Crippen molar-refractivity contribution < 1.29 is 14.0 Å². The molecule has 0 atom stereocenters. The van der Waals surface area contributed by atoms with Gasteiger partial charge < -0.3 is 9.47 Å². The number of aromatic nitrogens is 2. The van der Waals surface area contributed by atoms with E-state index >= 15 is 0 Å². The van der Waals surface area contributed by atoms with Crippen LogP contribution in [0.15, 0.2) is 54.9 Å². The molecule has 4 heteroatoms. The van der Waals surface area contributed by atoms with Gasteiger partial charge in [-0.2, -0.15) is 0 Å². The highest BCUT2D eigenvalue weighted by Gasteiger charge is 2.14. The quantitative estimate of drug-likeness (QED) is 0.546. The monoisotopic (exact) mass is 339 g/mol. The number of imidazole rings is 1. The molecular formula is C21H27N2O2+. The van der Waals surface area contributed by atoms with Gasteiger partial charge in [0.05, 0.1) is 13.2 Å². The molecule has 0 N–H and O–H groups in total. The third-order valence-electron chi connectivity index (χ3n) is 4.27. The van der Waals surface area contributed by atoms with E-state index in [2.05, 4.69) is 46.7 Å². The molecule has 132 valence electrons. The van der Waals surface area contributed by atoms with Crippen LogP contribution in [0.5, 0.6) is 11.5 Å². The molecule has 1 heterocycles. The molecule has 2 aromatic carbocycles. The molecule has 0 saturated carbocycles. The number of rotatable bonds is 9. The summed E-state index contributed by atoms with van der Waals surface area (Å²) in [6.07, 6.45) is 4.60. The zero-order chi connectivity index (χ0) is 17.5. The Balaban J connectivity index is 1.71. The zero-order valence-corrected chi connectivity index (χ0v) is 15.1. The average Bonchev–Trinajstić information content (AvgIpc) is 3.00. The van der Waals surface area contributed by atoms with E-state index in [0.29, 0.717) is 13.2 Å². The van der Waals surface area contributed by atoms with E-state index in [0.717, 1.165) is 24.6 Å². The third-order valence-corrected chi connectivity index (χ3v) is 4.27. The van der Waals surface area contributed by atoms with Crippen molar-refractivity contribution in [2.45, 2.75) is 39.8 Å². The minimum absolute atomic E-state index is 0.608. The number of benzene rings is 2. The summed E-state index contributed by atoms with van der Waals surface area (Å²) in [6, 6.07) is 16.4. The van der Waals surface area contributed by atoms with E-state index in [1.165, 1.54) is 23.9 Å². The smallest absolute Gasteiger partial charge is 0.244 e. The first-order chi connectivity index (χ1) is 12.3. The van der Waals surface area contributed by atoms with Gasteiger partial charge in [-0.05, 0) is 37.6 Å². The third kappa shape index (κ3) is 4.13. The lowest BCUT2D eigenvalue weighted by atomic mass is 10.3. The van der Waals surface area contributed by atoms with Crippen LogP contribution in [-0.4, -0.2) is 17.8 Å². The second-order valence-electron chi connectivity index (χ2n) is 6.07. The summed E-state index contributed by atoms with van der Waals surface area (Å²) >= 11 is 0. The molecule has 0 radical (unpaired) electrons. The Morgan fingerprint density at radius 2 is 1.64 bits per heavy atom. The van der Waals surface area contributed by atoms with Crippen LogP contribution in [0.1, 0.15) is 26.7 Å². The van der Waals surface area contributed by atoms with Gasteiger partial charge in [-0.15, -0.1) is 0 Å². The summed E-state index contributed by atoms with van der Waals surface area (Å²) < 4.78 is 16.2. The van der Waals surface area contributed by atoms with Crippen molar-refractivity contribution in [2.75, 3.05) is 13.2 Å². The molecule has 0 spiro atoms. The van der Waals surface area contributed by atoms with E-state index in [4.69, 9.17) is 9.47 Å². The van der Waals surface area contributed by atoms with Crippen LogP contribution in [0, 0.1) is 0 Å². The number of unbranched alkanes of at least 4 members (excludes halogenated alkanes) is 1. The Morgan fingerprint density at radius 1 is 0.920 bits per heavy atom. The summed E-state index contributed by atoms with van der Waals surface area (Å²) in [5.74, 6) is 1.61. The molecule has 0 saturated heterocycles. The van der Waals surface area contributed by atoms with Gasteiger partial charge >= 0.3 is 0 Å². The van der Waals surface area contributed by atoms with Crippen molar-refractivity contribution in [1.29, 1.82) is 0 Å². The summed E-state index contributed by atoms with van der Waals surface area (Å²) in [6.45, 7) is 7.32. The minimum atomic E-state index is 0.608. The maximum atomic E-state index is 5.98. The molecule has 1 aromatic heterocycles. The maximum Gasteiger partial charge on any atom is 0.244 e. The van der Waals surface area contributed by atoms with Crippen LogP contribution in [0.3, 0.4) is 0 Å². The number of nitrogens with zero attached hydrogens (tertiary/aromatic N) is 2. The Kier molecular flexibility index (Phi) is 5.94. The second-order valence-corrected chi connectivity index (χ2v) is 6.07. The number of hydrogen-bond donors (Lipinski definition) is 0. The maximum absolute atomic E-state index is 5.98. The topological polar surface area (TPSA) is 27.3 Å². The minimum Gasteiger partial charge on any atom is -0.490 e. The first-order valence-corrected chi connectivity index (χ1v) is 9.15. The lowest BCUT2D eigenvalue weighted by Crippen LogP contribution is -2.32. The molecule has 0 aliphatic carbocycles. The number of hydrogen-bond acceptors (Lipinski definition) is 2. The molecule has 4 nitrogen and oxygen atoms in total. The molecule has 3 aromatic rings. The SMILES string of the molecule is CCCC[n+]1cn(CCOc2ccccc2OCC)c2ccccc21. The molecule has 0 aliphatic heterocycles. The highest BCUT2D eigenvalue weighted by molar-refractivity contribution is 5.71. The van der Waals surface area contributed by atoms with E-state index in [1.54, 1.807) is 0 Å².